The first-order chi connectivity index (χ1) is 15.0. The van der Waals surface area contributed by atoms with Crippen molar-refractivity contribution >= 4 is 5.96 Å². The van der Waals surface area contributed by atoms with Crippen molar-refractivity contribution in [1.29, 1.82) is 10.7 Å². The second-order valence-electron chi connectivity index (χ2n) is 7.58. The van der Waals surface area contributed by atoms with Crippen molar-refractivity contribution in [2.75, 3.05) is 13.7 Å². The number of hydrogen-bond acceptors (Lipinski definition) is 4. The van der Waals surface area contributed by atoms with Crippen LogP contribution in [0.4, 0.5) is 0 Å². The molecule has 2 atom stereocenters. The Kier molecular flexibility index (Phi) is 5.87. The zero-order chi connectivity index (χ0) is 21.8. The third-order valence-electron chi connectivity index (χ3n) is 5.52. The average Bonchev–Trinajstić information content (AvgIpc) is 2.99. The van der Waals surface area contributed by atoms with Crippen LogP contribution in [0.3, 0.4) is 0 Å². The second kappa shape index (κ2) is 8.90. The Hall–Kier alpha value is -3.82. The highest BCUT2D eigenvalue weighted by Crippen LogP contribution is 2.41. The first kappa shape index (κ1) is 20.5. The van der Waals surface area contributed by atoms with E-state index in [9.17, 15) is 5.26 Å². The molecular weight excluding hydrogens is 388 g/mol. The molecule has 0 aliphatic carbocycles. The highest BCUT2D eigenvalue weighted by atomic mass is 16.7. The topological polar surface area (TPSA) is 95.4 Å². The maximum atomic E-state index is 9.24. The molecule has 6 nitrogen and oxygen atoms in total. The Bertz CT molecular complexity index is 1120. The number of rotatable bonds is 4. The van der Waals surface area contributed by atoms with E-state index in [-0.39, 0.29) is 18.0 Å². The van der Waals surface area contributed by atoms with Gasteiger partial charge >= 0.3 is 0 Å². The Labute approximate surface area is 181 Å². The molecule has 31 heavy (non-hydrogen) atoms. The van der Waals surface area contributed by atoms with E-state index >= 15 is 0 Å². The van der Waals surface area contributed by atoms with Crippen LogP contribution >= 0.6 is 0 Å². The minimum absolute atomic E-state index is 0.129. The smallest absolute Gasteiger partial charge is 0.212 e. The van der Waals surface area contributed by atoms with Crippen LogP contribution in [0.15, 0.2) is 72.8 Å². The number of nitrogens with zero attached hydrogens (tertiary/aromatic N) is 2. The second-order valence-corrected chi connectivity index (χ2v) is 7.58. The summed E-state index contributed by atoms with van der Waals surface area (Å²) in [6.07, 6.45) is 0.326. The molecule has 0 fully saturated rings. The lowest BCUT2D eigenvalue weighted by atomic mass is 9.91. The summed E-state index contributed by atoms with van der Waals surface area (Å²) in [7, 11) is 1.63. The molecule has 6 heteroatoms. The monoisotopic (exact) mass is 412 g/mol. The maximum absolute atomic E-state index is 9.24. The van der Waals surface area contributed by atoms with Gasteiger partial charge in [-0.25, -0.2) is 5.06 Å². The summed E-state index contributed by atoms with van der Waals surface area (Å²) in [5.74, 6) is 0.714. The third-order valence-corrected chi connectivity index (χ3v) is 5.52. The summed E-state index contributed by atoms with van der Waals surface area (Å²) in [5, 5.41) is 18.2. The first-order valence-corrected chi connectivity index (χ1v) is 10.1. The molecule has 1 aliphatic rings. The number of nitrogens with two attached hydrogens (primary N) is 1. The van der Waals surface area contributed by atoms with Gasteiger partial charge in [-0.05, 0) is 47.4 Å². The molecule has 0 aromatic heterocycles. The van der Waals surface area contributed by atoms with Crippen LogP contribution in [-0.2, 0) is 4.84 Å². The van der Waals surface area contributed by atoms with Gasteiger partial charge in [0.05, 0.1) is 18.2 Å². The van der Waals surface area contributed by atoms with Crippen LogP contribution in [0, 0.1) is 16.7 Å². The fraction of sp³-hybridized carbons (Fsp3) is 0.200. The van der Waals surface area contributed by atoms with Crippen molar-refractivity contribution < 1.29 is 9.57 Å². The van der Waals surface area contributed by atoms with Crippen LogP contribution in [0.5, 0.6) is 5.75 Å². The molecule has 2 unspecified atom stereocenters. The minimum Gasteiger partial charge on any atom is -0.493 e. The predicted molar refractivity (Wildman–Crippen MR) is 119 cm³/mol. The molecule has 0 radical (unpaired) electrons. The highest BCUT2D eigenvalue weighted by Gasteiger charge is 2.29. The number of benzene rings is 3. The Morgan fingerprint density at radius 3 is 2.61 bits per heavy atom. The number of fused-ring (bicyclic) bond motifs is 1. The number of hydrogen-bond donors (Lipinski definition) is 2. The number of nitrogens with one attached hydrogen (secondary N) is 1. The van der Waals surface area contributed by atoms with Crippen LogP contribution in [0.2, 0.25) is 0 Å². The van der Waals surface area contributed by atoms with Gasteiger partial charge in [-0.2, -0.15) is 5.26 Å². The lowest BCUT2D eigenvalue weighted by Gasteiger charge is -2.26. The lowest BCUT2D eigenvalue weighted by molar-refractivity contribution is -0.137. The Balaban J connectivity index is 1.73. The molecule has 3 N–H and O–H groups in total. The molecule has 4 rings (SSSR count). The van der Waals surface area contributed by atoms with Gasteiger partial charge in [0.2, 0.25) is 5.96 Å². The van der Waals surface area contributed by atoms with E-state index in [1.807, 2.05) is 54.6 Å². The van der Waals surface area contributed by atoms with Gasteiger partial charge in [-0.3, -0.25) is 10.2 Å². The van der Waals surface area contributed by atoms with E-state index in [0.717, 1.165) is 22.4 Å². The molecule has 0 amide bonds. The SMILES string of the molecule is CN(OC1CC(c2ccccc2)COc2ccc(-c3cccc(C#N)c3)cc21)C(=N)N. The number of guanidine groups is 1. The molecule has 156 valence electrons. The van der Waals surface area contributed by atoms with Crippen molar-refractivity contribution in [3.63, 3.8) is 0 Å². The van der Waals surface area contributed by atoms with Crippen molar-refractivity contribution in [2.24, 2.45) is 5.73 Å². The standard InChI is InChI=1S/C25H24N4O2/c1-29(25(27)28)31-24-14-21(18-7-3-2-4-8-18)16-30-23-11-10-20(13-22(23)24)19-9-5-6-17(12-19)15-26/h2-13,21,24H,14,16H2,1H3,(H3,27,28). The summed E-state index contributed by atoms with van der Waals surface area (Å²) in [6.45, 7) is 0.532. The molecule has 3 aromatic carbocycles. The van der Waals surface area contributed by atoms with Crippen molar-refractivity contribution in [3.8, 4) is 22.9 Å². The number of ether oxygens (including phenoxy) is 1. The fourth-order valence-corrected chi connectivity index (χ4v) is 3.83. The zero-order valence-electron chi connectivity index (χ0n) is 17.3. The molecule has 1 aliphatic heterocycles. The van der Waals surface area contributed by atoms with Crippen LogP contribution < -0.4 is 10.5 Å². The minimum atomic E-state index is -0.351. The van der Waals surface area contributed by atoms with Crippen molar-refractivity contribution in [1.82, 2.24) is 5.06 Å². The Morgan fingerprint density at radius 2 is 1.87 bits per heavy atom. The molecule has 0 saturated carbocycles. The summed E-state index contributed by atoms with van der Waals surface area (Å²) in [4.78, 5) is 6.10. The predicted octanol–water partition coefficient (Wildman–Crippen LogP) is 4.59. The Morgan fingerprint density at radius 1 is 1.10 bits per heavy atom. The molecule has 0 spiro atoms. The van der Waals surface area contributed by atoms with E-state index < -0.39 is 0 Å². The van der Waals surface area contributed by atoms with Gasteiger partial charge in [0.25, 0.3) is 0 Å². The normalized spacial score (nSPS) is 17.5. The quantitative estimate of drug-likeness (QED) is 0.371. The molecular formula is C25H24N4O2. The van der Waals surface area contributed by atoms with E-state index in [0.29, 0.717) is 18.6 Å². The van der Waals surface area contributed by atoms with Crippen molar-refractivity contribution in [2.45, 2.75) is 18.4 Å². The van der Waals surface area contributed by atoms with E-state index in [4.69, 9.17) is 20.7 Å². The average molecular weight is 412 g/mol. The van der Waals surface area contributed by atoms with E-state index in [1.165, 1.54) is 10.6 Å². The number of hydroxylamine groups is 2. The van der Waals surface area contributed by atoms with Crippen LogP contribution in [0.1, 0.15) is 35.1 Å². The van der Waals surface area contributed by atoms with Gasteiger partial charge in [-0.15, -0.1) is 0 Å². The molecule has 0 bridgehead atoms. The highest BCUT2D eigenvalue weighted by molar-refractivity contribution is 5.73. The van der Waals surface area contributed by atoms with Crippen LogP contribution in [0.25, 0.3) is 11.1 Å². The zero-order valence-corrected chi connectivity index (χ0v) is 17.3. The van der Waals surface area contributed by atoms with E-state index in [1.54, 1.807) is 13.1 Å². The van der Waals surface area contributed by atoms with E-state index in [2.05, 4.69) is 18.2 Å². The maximum Gasteiger partial charge on any atom is 0.212 e. The van der Waals surface area contributed by atoms with Gasteiger partial charge in [0.1, 0.15) is 11.9 Å². The van der Waals surface area contributed by atoms with Crippen LogP contribution in [-0.4, -0.2) is 24.7 Å². The summed E-state index contributed by atoms with van der Waals surface area (Å²) in [6, 6.07) is 25.9. The molecule has 3 aromatic rings. The van der Waals surface area contributed by atoms with Gasteiger partial charge in [0.15, 0.2) is 0 Å². The lowest BCUT2D eigenvalue weighted by Crippen LogP contribution is -2.34. The summed E-state index contributed by atoms with van der Waals surface area (Å²) in [5.41, 5.74) is 10.2. The van der Waals surface area contributed by atoms with Gasteiger partial charge in [0, 0.05) is 18.5 Å². The molecule has 1 heterocycles. The summed E-state index contributed by atoms with van der Waals surface area (Å²) >= 11 is 0. The number of nitriles is 1. The fourth-order valence-electron chi connectivity index (χ4n) is 3.83. The van der Waals surface area contributed by atoms with Gasteiger partial charge < -0.3 is 10.5 Å². The van der Waals surface area contributed by atoms with Gasteiger partial charge in [-0.1, -0.05) is 48.5 Å². The van der Waals surface area contributed by atoms with Crippen molar-refractivity contribution in [3.05, 3.63) is 89.5 Å². The first-order valence-electron chi connectivity index (χ1n) is 10.1. The third kappa shape index (κ3) is 4.52. The summed E-state index contributed by atoms with van der Waals surface area (Å²) < 4.78 is 6.19. The molecule has 0 saturated heterocycles. The largest absolute Gasteiger partial charge is 0.493 e.